The van der Waals surface area contributed by atoms with Gasteiger partial charge in [0.25, 0.3) is 5.91 Å². The Morgan fingerprint density at radius 3 is 2.71 bits per heavy atom. The second-order valence-electron chi connectivity index (χ2n) is 8.40. The standard InChI is InChI=1S/C26H26N6O2/c33-25(31-14-9-21(10-15-31)30-22-4-3-11-27-17-22)18-32(24-5-1-2-12-29-24)26(34)20-7-6-19-8-13-28-23(19)16-20/h1-8,11-13,16-17,21,28,30H,9-10,14-15,18H2. The van der Waals surface area contributed by atoms with Crippen molar-refractivity contribution in [2.75, 3.05) is 29.9 Å². The van der Waals surface area contributed by atoms with Crippen molar-refractivity contribution >= 4 is 34.2 Å². The third-order valence-electron chi connectivity index (χ3n) is 6.15. The number of fused-ring (bicyclic) bond motifs is 1. The number of H-pyrrole nitrogens is 1. The SMILES string of the molecule is O=C(CN(C(=O)c1ccc2cc[nH]c2c1)c1ccccn1)N1CCC(Nc2cccnc2)CC1. The summed E-state index contributed by atoms with van der Waals surface area (Å²) in [6.45, 7) is 1.21. The van der Waals surface area contributed by atoms with Gasteiger partial charge in [-0.2, -0.15) is 0 Å². The van der Waals surface area contributed by atoms with Crippen LogP contribution < -0.4 is 10.2 Å². The summed E-state index contributed by atoms with van der Waals surface area (Å²) in [5.41, 5.74) is 2.37. The Kier molecular flexibility index (Phi) is 6.20. The fourth-order valence-electron chi connectivity index (χ4n) is 4.30. The maximum Gasteiger partial charge on any atom is 0.259 e. The predicted molar refractivity (Wildman–Crippen MR) is 132 cm³/mol. The average molecular weight is 455 g/mol. The Bertz CT molecular complexity index is 1270. The molecule has 3 aromatic heterocycles. The smallest absolute Gasteiger partial charge is 0.259 e. The molecular weight excluding hydrogens is 428 g/mol. The Labute approximate surface area is 197 Å². The molecule has 2 N–H and O–H groups in total. The van der Waals surface area contributed by atoms with E-state index in [9.17, 15) is 9.59 Å². The molecule has 1 saturated heterocycles. The van der Waals surface area contributed by atoms with Gasteiger partial charge in [0.1, 0.15) is 12.4 Å². The summed E-state index contributed by atoms with van der Waals surface area (Å²) in [6, 6.07) is 17.0. The summed E-state index contributed by atoms with van der Waals surface area (Å²) < 4.78 is 0. The van der Waals surface area contributed by atoms with E-state index in [1.165, 1.54) is 4.90 Å². The second kappa shape index (κ2) is 9.74. The van der Waals surface area contributed by atoms with Crippen LogP contribution in [0.25, 0.3) is 10.9 Å². The predicted octanol–water partition coefficient (Wildman–Crippen LogP) is 3.71. The van der Waals surface area contributed by atoms with Gasteiger partial charge in [-0.25, -0.2) is 4.98 Å². The quantitative estimate of drug-likeness (QED) is 0.463. The summed E-state index contributed by atoms with van der Waals surface area (Å²) in [5, 5.41) is 4.51. The van der Waals surface area contributed by atoms with Crippen molar-refractivity contribution in [1.82, 2.24) is 19.9 Å². The number of piperidine rings is 1. The molecule has 172 valence electrons. The van der Waals surface area contributed by atoms with Crippen molar-refractivity contribution in [3.8, 4) is 0 Å². The van der Waals surface area contributed by atoms with Crippen LogP contribution in [-0.2, 0) is 4.79 Å². The zero-order valence-electron chi connectivity index (χ0n) is 18.7. The van der Waals surface area contributed by atoms with Gasteiger partial charge in [-0.1, -0.05) is 12.1 Å². The van der Waals surface area contributed by atoms with Crippen molar-refractivity contribution in [3.05, 3.63) is 84.9 Å². The van der Waals surface area contributed by atoms with E-state index in [1.807, 2.05) is 47.5 Å². The van der Waals surface area contributed by atoms with E-state index >= 15 is 0 Å². The van der Waals surface area contributed by atoms with Crippen LogP contribution in [0.5, 0.6) is 0 Å². The molecule has 0 bridgehead atoms. The first kappa shape index (κ1) is 21.6. The molecule has 2 amide bonds. The highest BCUT2D eigenvalue weighted by Gasteiger charge is 2.27. The van der Waals surface area contributed by atoms with E-state index in [2.05, 4.69) is 20.3 Å². The van der Waals surface area contributed by atoms with Crippen LogP contribution in [0, 0.1) is 0 Å². The van der Waals surface area contributed by atoms with Crippen molar-refractivity contribution in [2.45, 2.75) is 18.9 Å². The zero-order valence-corrected chi connectivity index (χ0v) is 18.7. The highest BCUT2D eigenvalue weighted by Crippen LogP contribution is 2.20. The average Bonchev–Trinajstić information content (AvgIpc) is 3.36. The van der Waals surface area contributed by atoms with E-state index in [0.29, 0.717) is 24.5 Å². The molecule has 1 aromatic carbocycles. The van der Waals surface area contributed by atoms with Gasteiger partial charge in [0.2, 0.25) is 5.91 Å². The number of rotatable bonds is 6. The molecule has 0 radical (unpaired) electrons. The number of carbonyl (C=O) groups is 2. The Morgan fingerprint density at radius 2 is 1.94 bits per heavy atom. The maximum atomic E-state index is 13.5. The molecule has 8 nitrogen and oxygen atoms in total. The van der Waals surface area contributed by atoms with Crippen molar-refractivity contribution in [2.24, 2.45) is 0 Å². The number of hydrogen-bond acceptors (Lipinski definition) is 5. The highest BCUT2D eigenvalue weighted by molar-refractivity contribution is 6.09. The third kappa shape index (κ3) is 4.76. The molecular formula is C26H26N6O2. The van der Waals surface area contributed by atoms with Gasteiger partial charge in [0.15, 0.2) is 0 Å². The van der Waals surface area contributed by atoms with E-state index < -0.39 is 0 Å². The van der Waals surface area contributed by atoms with Gasteiger partial charge < -0.3 is 15.2 Å². The molecule has 0 unspecified atom stereocenters. The number of aromatic nitrogens is 3. The van der Waals surface area contributed by atoms with Crippen LogP contribution >= 0.6 is 0 Å². The molecule has 1 fully saturated rings. The molecule has 8 heteroatoms. The first-order chi connectivity index (χ1) is 16.7. The highest BCUT2D eigenvalue weighted by atomic mass is 16.2. The van der Waals surface area contributed by atoms with Crippen LogP contribution in [0.15, 0.2) is 79.4 Å². The maximum absolute atomic E-state index is 13.5. The van der Waals surface area contributed by atoms with Gasteiger partial charge >= 0.3 is 0 Å². The summed E-state index contributed by atoms with van der Waals surface area (Å²) in [5.74, 6) is 0.122. The largest absolute Gasteiger partial charge is 0.381 e. The molecule has 4 aromatic rings. The number of likely N-dealkylation sites (tertiary alicyclic amines) is 1. The fourth-order valence-corrected chi connectivity index (χ4v) is 4.30. The number of nitrogens with zero attached hydrogens (tertiary/aromatic N) is 4. The van der Waals surface area contributed by atoms with Crippen LogP contribution in [0.4, 0.5) is 11.5 Å². The lowest BCUT2D eigenvalue weighted by Crippen LogP contribution is -2.48. The van der Waals surface area contributed by atoms with Crippen molar-refractivity contribution in [1.29, 1.82) is 0 Å². The molecule has 1 aliphatic rings. The summed E-state index contributed by atoms with van der Waals surface area (Å²) in [6.07, 6.45) is 8.69. The van der Waals surface area contributed by atoms with Gasteiger partial charge in [0.05, 0.1) is 5.69 Å². The first-order valence-electron chi connectivity index (χ1n) is 11.4. The number of nitrogens with one attached hydrogen (secondary N) is 2. The van der Waals surface area contributed by atoms with Crippen molar-refractivity contribution in [3.63, 3.8) is 0 Å². The van der Waals surface area contributed by atoms with Crippen LogP contribution in [0.2, 0.25) is 0 Å². The lowest BCUT2D eigenvalue weighted by molar-refractivity contribution is -0.130. The topological polar surface area (TPSA) is 94.2 Å². The van der Waals surface area contributed by atoms with E-state index in [0.717, 1.165) is 29.4 Å². The van der Waals surface area contributed by atoms with Gasteiger partial charge in [-0.05, 0) is 60.7 Å². The van der Waals surface area contributed by atoms with Gasteiger partial charge in [0, 0.05) is 55.0 Å². The van der Waals surface area contributed by atoms with Gasteiger partial charge in [-0.15, -0.1) is 0 Å². The number of anilines is 2. The van der Waals surface area contributed by atoms with E-state index in [-0.39, 0.29) is 24.4 Å². The molecule has 0 spiro atoms. The summed E-state index contributed by atoms with van der Waals surface area (Å²) in [4.78, 5) is 41.6. The van der Waals surface area contributed by atoms with E-state index in [1.54, 1.807) is 36.8 Å². The fraction of sp³-hybridized carbons (Fsp3) is 0.231. The normalized spacial score (nSPS) is 14.2. The molecule has 0 atom stereocenters. The third-order valence-corrected chi connectivity index (χ3v) is 6.15. The number of benzene rings is 1. The minimum atomic E-state index is -0.253. The monoisotopic (exact) mass is 454 g/mol. The summed E-state index contributed by atoms with van der Waals surface area (Å²) in [7, 11) is 0. The zero-order chi connectivity index (χ0) is 23.3. The number of carbonyl (C=O) groups excluding carboxylic acids is 2. The van der Waals surface area contributed by atoms with E-state index in [4.69, 9.17) is 0 Å². The minimum absolute atomic E-state index is 0.0562. The Morgan fingerprint density at radius 1 is 1.06 bits per heavy atom. The molecule has 34 heavy (non-hydrogen) atoms. The van der Waals surface area contributed by atoms with Crippen LogP contribution in [-0.4, -0.2) is 57.3 Å². The number of pyridine rings is 2. The lowest BCUT2D eigenvalue weighted by atomic mass is 10.0. The first-order valence-corrected chi connectivity index (χ1v) is 11.4. The molecule has 0 saturated carbocycles. The number of aromatic amines is 1. The molecule has 1 aliphatic heterocycles. The van der Waals surface area contributed by atoms with Crippen LogP contribution in [0.1, 0.15) is 23.2 Å². The second-order valence-corrected chi connectivity index (χ2v) is 8.40. The lowest BCUT2D eigenvalue weighted by Gasteiger charge is -2.34. The minimum Gasteiger partial charge on any atom is -0.381 e. The number of hydrogen-bond donors (Lipinski definition) is 2. The Balaban J connectivity index is 1.28. The summed E-state index contributed by atoms with van der Waals surface area (Å²) >= 11 is 0. The Hall–Kier alpha value is -4.20. The van der Waals surface area contributed by atoms with Gasteiger partial charge in [-0.3, -0.25) is 19.5 Å². The molecule has 4 heterocycles. The molecule has 0 aliphatic carbocycles. The molecule has 5 rings (SSSR count). The van der Waals surface area contributed by atoms with Crippen LogP contribution in [0.3, 0.4) is 0 Å². The number of amides is 2. The van der Waals surface area contributed by atoms with Crippen molar-refractivity contribution < 1.29 is 9.59 Å².